The van der Waals surface area contributed by atoms with Crippen LogP contribution in [0.15, 0.2) is 40.9 Å². The number of nitrogens with zero attached hydrogens (tertiary/aromatic N) is 4. The summed E-state index contributed by atoms with van der Waals surface area (Å²) in [5.41, 5.74) is -0.465. The molecule has 1 fully saturated rings. The molecule has 0 radical (unpaired) electrons. The molecule has 118 valence electrons. The minimum absolute atomic E-state index is 0.155. The highest BCUT2D eigenvalue weighted by molar-refractivity contribution is 5.45. The molecule has 1 aromatic carbocycles. The third-order valence-corrected chi connectivity index (χ3v) is 4.31. The lowest BCUT2D eigenvalue weighted by Crippen LogP contribution is -2.36. The van der Waals surface area contributed by atoms with Gasteiger partial charge in [0.15, 0.2) is 0 Å². The highest BCUT2D eigenvalue weighted by Gasteiger charge is 2.49. The molecule has 23 heavy (non-hydrogen) atoms. The summed E-state index contributed by atoms with van der Waals surface area (Å²) in [5, 5.41) is 12.1. The Morgan fingerprint density at radius 3 is 2.78 bits per heavy atom. The normalized spacial score (nSPS) is 23.7. The minimum atomic E-state index is -1.53. The molecule has 0 atom stereocenters. The van der Waals surface area contributed by atoms with Gasteiger partial charge in [0.2, 0.25) is 5.89 Å². The van der Waals surface area contributed by atoms with Crippen LogP contribution in [-0.4, -0.2) is 20.0 Å². The topological polar surface area (TPSA) is 56.7 Å². The van der Waals surface area contributed by atoms with Crippen molar-refractivity contribution in [3.8, 4) is 11.6 Å². The van der Waals surface area contributed by atoms with E-state index in [1.807, 2.05) is 0 Å². The molecule has 1 saturated carbocycles. The van der Waals surface area contributed by atoms with E-state index in [4.69, 9.17) is 4.42 Å². The van der Waals surface area contributed by atoms with Crippen LogP contribution >= 0.6 is 0 Å². The van der Waals surface area contributed by atoms with Gasteiger partial charge in [0.1, 0.15) is 17.2 Å². The molecule has 0 bridgehead atoms. The van der Waals surface area contributed by atoms with Crippen molar-refractivity contribution in [2.75, 3.05) is 0 Å². The molecule has 0 saturated heterocycles. The number of hydrogen-bond acceptors (Lipinski definition) is 4. The second-order valence-corrected chi connectivity index (χ2v) is 5.87. The van der Waals surface area contributed by atoms with Crippen molar-refractivity contribution in [1.82, 2.24) is 20.0 Å². The van der Waals surface area contributed by atoms with E-state index < -0.39 is 11.5 Å². The fraction of sp³-hybridized carbons (Fsp3) is 0.312. The van der Waals surface area contributed by atoms with Crippen LogP contribution in [0.5, 0.6) is 0 Å². The molecular formula is C16H14F2N4O. The molecule has 0 N–H and O–H groups in total. The van der Waals surface area contributed by atoms with Gasteiger partial charge in [-0.15, -0.1) is 10.2 Å². The van der Waals surface area contributed by atoms with Crippen LogP contribution in [0.4, 0.5) is 8.78 Å². The molecule has 3 aromatic rings. The van der Waals surface area contributed by atoms with Gasteiger partial charge in [-0.25, -0.2) is 8.78 Å². The molecule has 1 aliphatic carbocycles. The molecular weight excluding hydrogens is 302 g/mol. The fourth-order valence-corrected chi connectivity index (χ4v) is 2.99. The molecule has 0 spiro atoms. The third kappa shape index (κ3) is 2.32. The van der Waals surface area contributed by atoms with Crippen molar-refractivity contribution in [3.05, 3.63) is 53.8 Å². The quantitative estimate of drug-likeness (QED) is 0.743. The van der Waals surface area contributed by atoms with Gasteiger partial charge in [-0.2, -0.15) is 5.10 Å². The summed E-state index contributed by atoms with van der Waals surface area (Å²) in [7, 11) is 1.78. The lowest BCUT2D eigenvalue weighted by atomic mass is 9.68. The van der Waals surface area contributed by atoms with Gasteiger partial charge in [-0.3, -0.25) is 4.68 Å². The Bertz CT molecular complexity index is 851. The van der Waals surface area contributed by atoms with E-state index in [9.17, 15) is 8.78 Å². The molecule has 5 nitrogen and oxygen atoms in total. The van der Waals surface area contributed by atoms with E-state index in [0.29, 0.717) is 23.0 Å². The molecule has 0 aliphatic heterocycles. The van der Waals surface area contributed by atoms with E-state index in [2.05, 4.69) is 15.3 Å². The fourth-order valence-electron chi connectivity index (χ4n) is 2.99. The van der Waals surface area contributed by atoms with Crippen LogP contribution in [-0.2, 0) is 12.7 Å². The zero-order valence-electron chi connectivity index (χ0n) is 12.4. The molecule has 1 aliphatic rings. The Morgan fingerprint density at radius 2 is 2.09 bits per heavy atom. The maximum Gasteiger partial charge on any atom is 0.265 e. The molecule has 4 rings (SSSR count). The zero-order chi connectivity index (χ0) is 16.0. The maximum absolute atomic E-state index is 14.8. The van der Waals surface area contributed by atoms with Crippen LogP contribution in [0, 0.1) is 5.82 Å². The van der Waals surface area contributed by atoms with Gasteiger partial charge in [-0.05, 0) is 36.6 Å². The van der Waals surface area contributed by atoms with E-state index in [1.165, 1.54) is 18.2 Å². The van der Waals surface area contributed by atoms with Gasteiger partial charge in [0.25, 0.3) is 5.89 Å². The number of aryl methyl sites for hydroxylation is 1. The van der Waals surface area contributed by atoms with Crippen LogP contribution in [0.2, 0.25) is 0 Å². The van der Waals surface area contributed by atoms with E-state index in [-0.39, 0.29) is 18.8 Å². The first-order valence-electron chi connectivity index (χ1n) is 7.32. The van der Waals surface area contributed by atoms with Crippen molar-refractivity contribution < 1.29 is 13.2 Å². The van der Waals surface area contributed by atoms with Crippen LogP contribution in [0.25, 0.3) is 11.6 Å². The molecule has 2 heterocycles. The predicted molar refractivity (Wildman–Crippen MR) is 77.7 cm³/mol. The maximum atomic E-state index is 14.8. The lowest BCUT2D eigenvalue weighted by molar-refractivity contribution is 0.0274. The van der Waals surface area contributed by atoms with Crippen molar-refractivity contribution in [1.29, 1.82) is 0 Å². The van der Waals surface area contributed by atoms with Crippen molar-refractivity contribution >= 4 is 0 Å². The number of halogens is 2. The number of alkyl halides is 1. The Kier molecular flexibility index (Phi) is 3.04. The summed E-state index contributed by atoms with van der Waals surface area (Å²) in [6, 6.07) is 7.44. The van der Waals surface area contributed by atoms with E-state index in [1.54, 1.807) is 30.1 Å². The van der Waals surface area contributed by atoms with Gasteiger partial charge < -0.3 is 4.42 Å². The predicted octanol–water partition coefficient (Wildman–Crippen LogP) is 3.35. The summed E-state index contributed by atoms with van der Waals surface area (Å²) < 4.78 is 35.4. The van der Waals surface area contributed by atoms with Crippen molar-refractivity contribution in [2.24, 2.45) is 7.05 Å². The standard InChI is InChI=1S/C16H14F2N4O/c1-22-13(5-6-19-22)15-21-20-14(23-15)10-8-16(18,9-10)11-3-2-4-12(17)7-11/h2-7,10H,8-9H2,1H3. The van der Waals surface area contributed by atoms with Crippen LogP contribution in [0.3, 0.4) is 0 Å². The summed E-state index contributed by atoms with van der Waals surface area (Å²) in [4.78, 5) is 0. The van der Waals surface area contributed by atoms with Crippen molar-refractivity contribution in [2.45, 2.75) is 24.4 Å². The molecule has 0 amide bonds. The Morgan fingerprint density at radius 1 is 1.26 bits per heavy atom. The minimum Gasteiger partial charge on any atom is -0.419 e. The summed E-state index contributed by atoms with van der Waals surface area (Å²) in [6.45, 7) is 0. The summed E-state index contributed by atoms with van der Waals surface area (Å²) >= 11 is 0. The van der Waals surface area contributed by atoms with E-state index >= 15 is 0 Å². The van der Waals surface area contributed by atoms with Gasteiger partial charge in [0, 0.05) is 19.2 Å². The molecule has 7 heteroatoms. The van der Waals surface area contributed by atoms with E-state index in [0.717, 1.165) is 0 Å². The second-order valence-electron chi connectivity index (χ2n) is 5.87. The Hall–Kier alpha value is -2.57. The highest BCUT2D eigenvalue weighted by atomic mass is 19.1. The SMILES string of the molecule is Cn1nccc1-c1nnc(C2CC(F)(c3cccc(F)c3)C2)o1. The largest absolute Gasteiger partial charge is 0.419 e. The average molecular weight is 316 g/mol. The van der Waals surface area contributed by atoms with Crippen molar-refractivity contribution in [3.63, 3.8) is 0 Å². The first-order valence-corrected chi connectivity index (χ1v) is 7.32. The molecule has 0 unspecified atom stereocenters. The Labute approximate surface area is 131 Å². The second kappa shape index (κ2) is 4.97. The Balaban J connectivity index is 1.52. The number of hydrogen-bond donors (Lipinski definition) is 0. The first kappa shape index (κ1) is 14.0. The first-order chi connectivity index (χ1) is 11.0. The van der Waals surface area contributed by atoms with Crippen LogP contribution < -0.4 is 0 Å². The number of rotatable bonds is 3. The van der Waals surface area contributed by atoms with Crippen LogP contribution in [0.1, 0.15) is 30.2 Å². The molecule has 2 aromatic heterocycles. The summed E-state index contributed by atoms with van der Waals surface area (Å²) in [6.07, 6.45) is 2.06. The van der Waals surface area contributed by atoms with Gasteiger partial charge >= 0.3 is 0 Å². The van der Waals surface area contributed by atoms with Gasteiger partial charge in [0.05, 0.1) is 0 Å². The third-order valence-electron chi connectivity index (χ3n) is 4.31. The van der Waals surface area contributed by atoms with Gasteiger partial charge in [-0.1, -0.05) is 12.1 Å². The smallest absolute Gasteiger partial charge is 0.265 e. The average Bonchev–Trinajstić information content (AvgIpc) is 3.12. The number of aromatic nitrogens is 4. The highest BCUT2D eigenvalue weighted by Crippen LogP contribution is 2.53. The summed E-state index contributed by atoms with van der Waals surface area (Å²) in [5.74, 6) is 0.185. The zero-order valence-corrected chi connectivity index (χ0v) is 12.4. The monoisotopic (exact) mass is 316 g/mol. The lowest BCUT2D eigenvalue weighted by Gasteiger charge is -2.39. The number of benzene rings is 1.